The third-order valence-corrected chi connectivity index (χ3v) is 3.53. The maximum atomic E-state index is 5.51. The van der Waals surface area contributed by atoms with E-state index < -0.39 is 0 Å². The molecule has 2 aromatic heterocycles. The molecular formula is C16H18N4O2. The molecule has 0 aliphatic heterocycles. The summed E-state index contributed by atoms with van der Waals surface area (Å²) in [6.07, 6.45) is 2.09. The van der Waals surface area contributed by atoms with Crippen LogP contribution in [0.25, 0.3) is 22.9 Å². The Kier molecular flexibility index (Phi) is 4.02. The molecule has 0 aliphatic carbocycles. The number of hydrogen-bond acceptors (Lipinski definition) is 6. The van der Waals surface area contributed by atoms with Gasteiger partial charge in [-0.2, -0.15) is 4.98 Å². The van der Waals surface area contributed by atoms with Crippen molar-refractivity contribution in [1.82, 2.24) is 20.4 Å². The first-order valence-corrected chi connectivity index (χ1v) is 7.18. The lowest BCUT2D eigenvalue weighted by atomic mass is 10.1. The zero-order chi connectivity index (χ0) is 15.5. The highest BCUT2D eigenvalue weighted by Gasteiger charge is 2.19. The van der Waals surface area contributed by atoms with Gasteiger partial charge in [0.1, 0.15) is 0 Å². The number of rotatable bonds is 5. The molecule has 0 radical (unpaired) electrons. The van der Waals surface area contributed by atoms with E-state index in [2.05, 4.69) is 27.4 Å². The molecule has 6 nitrogen and oxygen atoms in total. The van der Waals surface area contributed by atoms with Gasteiger partial charge < -0.3 is 14.3 Å². The summed E-state index contributed by atoms with van der Waals surface area (Å²) in [4.78, 5) is 8.62. The lowest BCUT2D eigenvalue weighted by molar-refractivity contribution is 0.417. The van der Waals surface area contributed by atoms with Gasteiger partial charge in [0.05, 0.1) is 0 Å². The number of oxazole rings is 1. The second-order valence-corrected chi connectivity index (χ2v) is 5.31. The van der Waals surface area contributed by atoms with Gasteiger partial charge in [-0.15, -0.1) is 0 Å². The van der Waals surface area contributed by atoms with E-state index in [0.29, 0.717) is 29.6 Å². The number of aromatic nitrogens is 3. The van der Waals surface area contributed by atoms with Gasteiger partial charge in [-0.05, 0) is 20.9 Å². The lowest BCUT2D eigenvalue weighted by Gasteiger charge is -2.04. The number of hydrogen-bond donors (Lipinski definition) is 1. The molecule has 1 N–H and O–H groups in total. The lowest BCUT2D eigenvalue weighted by Crippen LogP contribution is -2.24. The molecule has 1 atom stereocenters. The van der Waals surface area contributed by atoms with E-state index in [9.17, 15) is 0 Å². The Balaban J connectivity index is 1.90. The second kappa shape index (κ2) is 6.11. The fourth-order valence-electron chi connectivity index (χ4n) is 2.12. The van der Waals surface area contributed by atoms with Crippen LogP contribution in [0.2, 0.25) is 0 Å². The van der Waals surface area contributed by atoms with Gasteiger partial charge in [0, 0.05) is 18.0 Å². The zero-order valence-corrected chi connectivity index (χ0v) is 12.8. The Morgan fingerprint density at radius 1 is 1.23 bits per heavy atom. The van der Waals surface area contributed by atoms with Gasteiger partial charge in [0.25, 0.3) is 5.89 Å². The van der Waals surface area contributed by atoms with Crippen molar-refractivity contribution in [2.75, 3.05) is 7.05 Å². The molecule has 2 heterocycles. The van der Waals surface area contributed by atoms with Crippen molar-refractivity contribution in [3.8, 4) is 22.9 Å². The van der Waals surface area contributed by atoms with E-state index in [0.717, 1.165) is 5.56 Å². The van der Waals surface area contributed by atoms with Crippen molar-refractivity contribution in [3.05, 3.63) is 42.0 Å². The molecule has 3 aromatic rings. The van der Waals surface area contributed by atoms with Crippen LogP contribution in [0.3, 0.4) is 0 Å². The van der Waals surface area contributed by atoms with Crippen LogP contribution in [-0.4, -0.2) is 28.2 Å². The van der Waals surface area contributed by atoms with Crippen LogP contribution < -0.4 is 5.32 Å². The minimum Gasteiger partial charge on any atom is -0.443 e. The monoisotopic (exact) mass is 298 g/mol. The highest BCUT2D eigenvalue weighted by Crippen LogP contribution is 2.30. The third kappa shape index (κ3) is 2.92. The molecule has 0 saturated heterocycles. The Bertz CT molecular complexity index is 746. The van der Waals surface area contributed by atoms with E-state index in [-0.39, 0.29) is 6.04 Å². The maximum absolute atomic E-state index is 5.51. The summed E-state index contributed by atoms with van der Waals surface area (Å²) in [5.41, 5.74) is 2.69. The van der Waals surface area contributed by atoms with Gasteiger partial charge in [0.2, 0.25) is 0 Å². The van der Waals surface area contributed by atoms with E-state index in [4.69, 9.17) is 8.94 Å². The van der Waals surface area contributed by atoms with Crippen molar-refractivity contribution in [1.29, 1.82) is 0 Å². The predicted octanol–water partition coefficient (Wildman–Crippen LogP) is 2.85. The SMILES string of the molecule is CNC(C)Cc1noc(-c2ncoc2-c2ccc(C)cc2)n1. The number of aryl methyl sites for hydroxylation is 1. The Hall–Kier alpha value is -2.47. The summed E-state index contributed by atoms with van der Waals surface area (Å²) >= 11 is 0. The largest absolute Gasteiger partial charge is 0.443 e. The average Bonchev–Trinajstić information content (AvgIpc) is 3.16. The number of nitrogens with one attached hydrogen (secondary N) is 1. The third-order valence-electron chi connectivity index (χ3n) is 3.53. The number of nitrogens with zero attached hydrogens (tertiary/aromatic N) is 3. The van der Waals surface area contributed by atoms with Crippen molar-refractivity contribution in [3.63, 3.8) is 0 Å². The van der Waals surface area contributed by atoms with E-state index in [1.165, 1.54) is 12.0 Å². The van der Waals surface area contributed by atoms with Crippen LogP contribution in [0.15, 0.2) is 39.6 Å². The van der Waals surface area contributed by atoms with Crippen LogP contribution in [0, 0.1) is 6.92 Å². The van der Waals surface area contributed by atoms with Gasteiger partial charge in [-0.1, -0.05) is 35.0 Å². The zero-order valence-electron chi connectivity index (χ0n) is 12.8. The molecule has 0 fully saturated rings. The van der Waals surface area contributed by atoms with Crippen molar-refractivity contribution in [2.45, 2.75) is 26.3 Å². The highest BCUT2D eigenvalue weighted by atomic mass is 16.5. The molecule has 0 saturated carbocycles. The first-order chi connectivity index (χ1) is 10.7. The minimum atomic E-state index is 0.277. The summed E-state index contributed by atoms with van der Waals surface area (Å²) in [5, 5.41) is 7.15. The Morgan fingerprint density at radius 3 is 2.73 bits per heavy atom. The minimum absolute atomic E-state index is 0.277. The van der Waals surface area contributed by atoms with Crippen LogP contribution >= 0.6 is 0 Å². The van der Waals surface area contributed by atoms with Gasteiger partial charge in [-0.25, -0.2) is 4.98 Å². The second-order valence-electron chi connectivity index (χ2n) is 5.31. The number of benzene rings is 1. The fourth-order valence-corrected chi connectivity index (χ4v) is 2.12. The van der Waals surface area contributed by atoms with Gasteiger partial charge >= 0.3 is 0 Å². The standard InChI is InChI=1S/C16H18N4O2/c1-10-4-6-12(7-5-10)15-14(18-9-21-15)16-19-13(20-22-16)8-11(2)17-3/h4-7,9,11,17H,8H2,1-3H3. The van der Waals surface area contributed by atoms with Gasteiger partial charge in [-0.3, -0.25) is 0 Å². The Labute approximate surface area is 128 Å². The molecule has 0 amide bonds. The highest BCUT2D eigenvalue weighted by molar-refractivity contribution is 5.72. The molecule has 1 unspecified atom stereocenters. The van der Waals surface area contributed by atoms with E-state index >= 15 is 0 Å². The molecule has 114 valence electrons. The van der Waals surface area contributed by atoms with Crippen molar-refractivity contribution < 1.29 is 8.94 Å². The first-order valence-electron chi connectivity index (χ1n) is 7.18. The van der Waals surface area contributed by atoms with E-state index in [1.807, 2.05) is 38.2 Å². The molecule has 0 aliphatic rings. The number of likely N-dealkylation sites (N-methyl/N-ethyl adjacent to an activating group) is 1. The molecule has 6 heteroatoms. The smallest absolute Gasteiger partial charge is 0.280 e. The topological polar surface area (TPSA) is 77.0 Å². The van der Waals surface area contributed by atoms with Crippen LogP contribution in [0.5, 0.6) is 0 Å². The van der Waals surface area contributed by atoms with Crippen molar-refractivity contribution in [2.24, 2.45) is 0 Å². The average molecular weight is 298 g/mol. The molecule has 3 rings (SSSR count). The molecule has 22 heavy (non-hydrogen) atoms. The summed E-state index contributed by atoms with van der Waals surface area (Å²) < 4.78 is 10.8. The van der Waals surface area contributed by atoms with Crippen LogP contribution in [0.1, 0.15) is 18.3 Å². The van der Waals surface area contributed by atoms with Crippen LogP contribution in [-0.2, 0) is 6.42 Å². The predicted molar refractivity (Wildman–Crippen MR) is 82.2 cm³/mol. The van der Waals surface area contributed by atoms with Gasteiger partial charge in [0.15, 0.2) is 23.7 Å². The van der Waals surface area contributed by atoms with Crippen LogP contribution in [0.4, 0.5) is 0 Å². The summed E-state index contributed by atoms with van der Waals surface area (Å²) in [6, 6.07) is 8.30. The summed E-state index contributed by atoms with van der Waals surface area (Å²) in [6.45, 7) is 4.10. The molecule has 0 bridgehead atoms. The normalized spacial score (nSPS) is 12.5. The quantitative estimate of drug-likeness (QED) is 0.780. The first kappa shape index (κ1) is 14.5. The summed E-state index contributed by atoms with van der Waals surface area (Å²) in [5.74, 6) is 1.66. The molecule has 1 aromatic carbocycles. The molecule has 0 spiro atoms. The fraction of sp³-hybridized carbons (Fsp3) is 0.312. The molecular weight excluding hydrogens is 280 g/mol. The van der Waals surface area contributed by atoms with Crippen molar-refractivity contribution >= 4 is 0 Å². The summed E-state index contributed by atoms with van der Waals surface area (Å²) in [7, 11) is 1.90. The van der Waals surface area contributed by atoms with E-state index in [1.54, 1.807) is 0 Å². The Morgan fingerprint density at radius 2 is 2.00 bits per heavy atom. The maximum Gasteiger partial charge on any atom is 0.280 e.